The monoisotopic (exact) mass is 610 g/mol. The molecule has 236 valence electrons. The number of ether oxygens (including phenoxy) is 7. The van der Waals surface area contributed by atoms with E-state index in [2.05, 4.69) is 24.3 Å². The Morgan fingerprint density at radius 1 is 0.422 bits per heavy atom. The predicted molar refractivity (Wildman–Crippen MR) is 170 cm³/mol. The lowest BCUT2D eigenvalue weighted by Gasteiger charge is -2.42. The molecule has 2 fully saturated rings. The molecular formula is C38H42O7. The first-order chi connectivity index (χ1) is 22.2. The van der Waals surface area contributed by atoms with Gasteiger partial charge >= 0.3 is 0 Å². The van der Waals surface area contributed by atoms with Gasteiger partial charge in [0.05, 0.1) is 76.9 Å². The molecule has 0 atom stereocenters. The zero-order chi connectivity index (χ0) is 30.6. The van der Waals surface area contributed by atoms with Crippen molar-refractivity contribution >= 4 is 0 Å². The van der Waals surface area contributed by atoms with Crippen molar-refractivity contribution in [3.63, 3.8) is 0 Å². The molecular weight excluding hydrogens is 568 g/mol. The minimum Gasteiger partial charge on any atom is -0.380 e. The molecule has 7 heteroatoms. The van der Waals surface area contributed by atoms with E-state index in [1.54, 1.807) is 0 Å². The second kappa shape index (κ2) is 15.7. The maximum Gasteiger partial charge on any atom is 0.183 e. The average Bonchev–Trinajstić information content (AvgIpc) is 3.11. The van der Waals surface area contributed by atoms with Gasteiger partial charge in [-0.25, -0.2) is 0 Å². The van der Waals surface area contributed by atoms with E-state index in [4.69, 9.17) is 33.2 Å². The third-order valence-electron chi connectivity index (χ3n) is 8.16. The van der Waals surface area contributed by atoms with Crippen LogP contribution in [0.25, 0.3) is 0 Å². The van der Waals surface area contributed by atoms with Crippen molar-refractivity contribution in [2.45, 2.75) is 25.8 Å². The SMILES string of the molecule is c1ccc(COCC2(COCC3(COCc4ccccc4)COC(c4ccccc4)OC3)COC(c3ccccc3)OC2)cc1. The number of rotatable bonds is 14. The summed E-state index contributed by atoms with van der Waals surface area (Å²) in [6.07, 6.45) is -0.831. The van der Waals surface area contributed by atoms with Gasteiger partial charge in [0.1, 0.15) is 0 Å². The summed E-state index contributed by atoms with van der Waals surface area (Å²) < 4.78 is 44.1. The lowest BCUT2D eigenvalue weighted by Crippen LogP contribution is -2.49. The highest BCUT2D eigenvalue weighted by Gasteiger charge is 2.42. The molecule has 0 radical (unpaired) electrons. The van der Waals surface area contributed by atoms with Crippen LogP contribution in [-0.2, 0) is 46.4 Å². The molecule has 2 aliphatic rings. The van der Waals surface area contributed by atoms with Gasteiger partial charge in [-0.2, -0.15) is 0 Å². The van der Waals surface area contributed by atoms with E-state index in [1.165, 1.54) is 0 Å². The van der Waals surface area contributed by atoms with E-state index in [1.807, 2.05) is 97.1 Å². The third-order valence-corrected chi connectivity index (χ3v) is 8.16. The summed E-state index contributed by atoms with van der Waals surface area (Å²) in [6.45, 7) is 4.45. The van der Waals surface area contributed by atoms with E-state index in [9.17, 15) is 0 Å². The predicted octanol–water partition coefficient (Wildman–Crippen LogP) is 6.90. The van der Waals surface area contributed by atoms with E-state index in [0.29, 0.717) is 66.1 Å². The molecule has 0 aliphatic carbocycles. The zero-order valence-corrected chi connectivity index (χ0v) is 25.6. The van der Waals surface area contributed by atoms with Crippen molar-refractivity contribution < 1.29 is 33.2 Å². The molecule has 7 nitrogen and oxygen atoms in total. The van der Waals surface area contributed by atoms with Gasteiger partial charge in [-0.15, -0.1) is 0 Å². The summed E-state index contributed by atoms with van der Waals surface area (Å²) in [7, 11) is 0. The fourth-order valence-electron chi connectivity index (χ4n) is 5.61. The van der Waals surface area contributed by atoms with Crippen LogP contribution in [0.4, 0.5) is 0 Å². The van der Waals surface area contributed by atoms with Crippen LogP contribution in [0.2, 0.25) is 0 Å². The first-order valence-corrected chi connectivity index (χ1v) is 15.6. The van der Waals surface area contributed by atoms with E-state index in [-0.39, 0.29) is 0 Å². The van der Waals surface area contributed by atoms with Crippen LogP contribution in [0.1, 0.15) is 34.8 Å². The van der Waals surface area contributed by atoms with Gasteiger partial charge in [0.15, 0.2) is 12.6 Å². The Morgan fingerprint density at radius 3 is 1.09 bits per heavy atom. The Balaban J connectivity index is 1.10. The maximum absolute atomic E-state index is 6.53. The molecule has 2 saturated heterocycles. The summed E-state index contributed by atoms with van der Waals surface area (Å²) in [5.74, 6) is 0. The van der Waals surface area contributed by atoms with Crippen molar-refractivity contribution in [3.8, 4) is 0 Å². The molecule has 0 saturated carbocycles. The number of benzene rings is 4. The average molecular weight is 611 g/mol. The molecule has 4 aromatic carbocycles. The molecule has 45 heavy (non-hydrogen) atoms. The highest BCUT2D eigenvalue weighted by Crippen LogP contribution is 2.36. The van der Waals surface area contributed by atoms with E-state index < -0.39 is 23.4 Å². The van der Waals surface area contributed by atoms with Gasteiger partial charge in [-0.3, -0.25) is 0 Å². The molecule has 2 aliphatic heterocycles. The van der Waals surface area contributed by atoms with E-state index in [0.717, 1.165) is 22.3 Å². The number of hydrogen-bond donors (Lipinski definition) is 0. The van der Waals surface area contributed by atoms with Crippen LogP contribution in [0.15, 0.2) is 121 Å². The van der Waals surface area contributed by atoms with Crippen molar-refractivity contribution in [2.75, 3.05) is 52.9 Å². The standard InChI is InChI=1S/C38H42O7/c1-5-13-31(14-6-1)21-39-23-37(27-42-35(43-28-37)33-17-9-3-10-18-33)25-41-26-38(24-40-22-32-15-7-2-8-16-32)29-44-36(45-30-38)34-19-11-4-12-20-34/h1-20,35-36H,21-30H2. The minimum atomic E-state index is -0.477. The highest BCUT2D eigenvalue weighted by atomic mass is 16.7. The van der Waals surface area contributed by atoms with Crippen LogP contribution in [0.5, 0.6) is 0 Å². The lowest BCUT2D eigenvalue weighted by atomic mass is 9.89. The third kappa shape index (κ3) is 8.87. The van der Waals surface area contributed by atoms with Crippen molar-refractivity contribution in [1.29, 1.82) is 0 Å². The summed E-state index contributed by atoms with van der Waals surface area (Å²) in [5, 5.41) is 0. The van der Waals surface area contributed by atoms with Crippen molar-refractivity contribution in [3.05, 3.63) is 144 Å². The largest absolute Gasteiger partial charge is 0.380 e. The fourth-order valence-corrected chi connectivity index (χ4v) is 5.61. The second-order valence-electron chi connectivity index (χ2n) is 12.2. The smallest absolute Gasteiger partial charge is 0.183 e. The van der Waals surface area contributed by atoms with Gasteiger partial charge in [0.2, 0.25) is 0 Å². The molecule has 2 heterocycles. The van der Waals surface area contributed by atoms with Crippen LogP contribution in [0.3, 0.4) is 0 Å². The summed E-state index contributed by atoms with van der Waals surface area (Å²) in [4.78, 5) is 0. The lowest BCUT2D eigenvalue weighted by molar-refractivity contribution is -0.271. The molecule has 0 spiro atoms. The molecule has 0 unspecified atom stereocenters. The Hall–Kier alpha value is -3.40. The van der Waals surface area contributed by atoms with Gasteiger partial charge in [0.25, 0.3) is 0 Å². The fraction of sp³-hybridized carbons (Fsp3) is 0.368. The normalized spacial score (nSPS) is 25.2. The zero-order valence-electron chi connectivity index (χ0n) is 25.6. The molecule has 0 bridgehead atoms. The van der Waals surface area contributed by atoms with Crippen LogP contribution >= 0.6 is 0 Å². The Morgan fingerprint density at radius 2 is 0.733 bits per heavy atom. The maximum atomic E-state index is 6.53. The molecule has 0 amide bonds. The highest BCUT2D eigenvalue weighted by molar-refractivity contribution is 5.18. The Bertz CT molecular complexity index is 1270. The van der Waals surface area contributed by atoms with Gasteiger partial charge in [-0.05, 0) is 11.1 Å². The van der Waals surface area contributed by atoms with E-state index >= 15 is 0 Å². The minimum absolute atomic E-state index is 0.395. The van der Waals surface area contributed by atoms with Crippen molar-refractivity contribution in [2.24, 2.45) is 10.8 Å². The van der Waals surface area contributed by atoms with Gasteiger partial charge < -0.3 is 33.2 Å². The Labute approximate surface area is 265 Å². The first-order valence-electron chi connectivity index (χ1n) is 15.6. The first kappa shape index (κ1) is 31.6. The molecule has 4 aromatic rings. The Kier molecular flexibility index (Phi) is 11.0. The van der Waals surface area contributed by atoms with Crippen molar-refractivity contribution in [1.82, 2.24) is 0 Å². The van der Waals surface area contributed by atoms with Crippen LogP contribution in [-0.4, -0.2) is 52.9 Å². The quantitative estimate of drug-likeness (QED) is 0.154. The van der Waals surface area contributed by atoms with Gasteiger partial charge in [0, 0.05) is 11.1 Å². The topological polar surface area (TPSA) is 64.6 Å². The van der Waals surface area contributed by atoms with Crippen LogP contribution < -0.4 is 0 Å². The molecule has 0 N–H and O–H groups in total. The summed E-state index contributed by atoms with van der Waals surface area (Å²) >= 11 is 0. The summed E-state index contributed by atoms with van der Waals surface area (Å²) in [6, 6.07) is 40.4. The summed E-state index contributed by atoms with van der Waals surface area (Å²) in [5.41, 5.74) is 3.27. The molecule has 6 rings (SSSR count). The molecule has 0 aromatic heterocycles. The second-order valence-corrected chi connectivity index (χ2v) is 12.2. The van der Waals surface area contributed by atoms with Gasteiger partial charge in [-0.1, -0.05) is 121 Å². The van der Waals surface area contributed by atoms with Crippen LogP contribution in [0, 0.1) is 10.8 Å². The number of hydrogen-bond acceptors (Lipinski definition) is 7.